The summed E-state index contributed by atoms with van der Waals surface area (Å²) in [5, 5.41) is 0. The van der Waals surface area contributed by atoms with Crippen molar-refractivity contribution in [3.8, 4) is 11.6 Å². The maximum absolute atomic E-state index is 5.69. The fourth-order valence-corrected chi connectivity index (χ4v) is 1.76. The monoisotopic (exact) mass is 311 g/mol. The molecule has 0 aliphatic rings. The smallest absolute Gasteiger partial charge is 0.219 e. The van der Waals surface area contributed by atoms with Crippen LogP contribution in [-0.2, 0) is 5.88 Å². The highest BCUT2D eigenvalue weighted by molar-refractivity contribution is 9.10. The van der Waals surface area contributed by atoms with E-state index in [9.17, 15) is 0 Å². The van der Waals surface area contributed by atoms with E-state index >= 15 is 0 Å². The quantitative estimate of drug-likeness (QED) is 0.767. The molecule has 2 rings (SSSR count). The largest absolute Gasteiger partial charge is 0.439 e. The molecule has 0 spiro atoms. The third-order valence-electron chi connectivity index (χ3n) is 2.30. The summed E-state index contributed by atoms with van der Waals surface area (Å²) in [6.45, 7) is 2.01. The van der Waals surface area contributed by atoms with E-state index < -0.39 is 0 Å². The van der Waals surface area contributed by atoms with E-state index in [2.05, 4.69) is 20.9 Å². The number of rotatable bonds is 3. The number of nitrogens with zero attached hydrogens (tertiary/aromatic N) is 1. The van der Waals surface area contributed by atoms with E-state index in [0.717, 1.165) is 21.3 Å². The molecule has 0 aliphatic heterocycles. The number of hydrogen-bond acceptors (Lipinski definition) is 2. The van der Waals surface area contributed by atoms with E-state index in [1.165, 1.54) is 0 Å². The fourth-order valence-electron chi connectivity index (χ4n) is 1.35. The highest BCUT2D eigenvalue weighted by atomic mass is 79.9. The van der Waals surface area contributed by atoms with Crippen molar-refractivity contribution < 1.29 is 4.74 Å². The number of aromatic nitrogens is 1. The summed E-state index contributed by atoms with van der Waals surface area (Å²) in [6.07, 6.45) is 1.72. The minimum atomic E-state index is 0.463. The van der Waals surface area contributed by atoms with Crippen LogP contribution in [0.4, 0.5) is 0 Å². The lowest BCUT2D eigenvalue weighted by Gasteiger charge is -2.06. The number of pyridine rings is 1. The number of halogens is 2. The molecule has 0 amide bonds. The Morgan fingerprint density at radius 2 is 2.12 bits per heavy atom. The molecule has 2 aromatic rings. The van der Waals surface area contributed by atoms with Gasteiger partial charge in [-0.15, -0.1) is 11.6 Å². The van der Waals surface area contributed by atoms with Crippen molar-refractivity contribution in [1.29, 1.82) is 0 Å². The Morgan fingerprint density at radius 1 is 1.29 bits per heavy atom. The summed E-state index contributed by atoms with van der Waals surface area (Å²) < 4.78 is 6.70. The van der Waals surface area contributed by atoms with Crippen LogP contribution >= 0.6 is 27.5 Å². The lowest BCUT2D eigenvalue weighted by molar-refractivity contribution is 0.462. The maximum Gasteiger partial charge on any atom is 0.219 e. The summed E-state index contributed by atoms with van der Waals surface area (Å²) in [4.78, 5) is 4.18. The molecule has 0 saturated carbocycles. The molecule has 0 N–H and O–H groups in total. The summed E-state index contributed by atoms with van der Waals surface area (Å²) >= 11 is 9.14. The number of aryl methyl sites for hydroxylation is 1. The lowest BCUT2D eigenvalue weighted by atomic mass is 10.2. The predicted molar refractivity (Wildman–Crippen MR) is 72.7 cm³/mol. The van der Waals surface area contributed by atoms with Gasteiger partial charge < -0.3 is 4.74 Å². The lowest BCUT2D eigenvalue weighted by Crippen LogP contribution is -1.89. The maximum atomic E-state index is 5.69. The molecule has 17 heavy (non-hydrogen) atoms. The van der Waals surface area contributed by atoms with Gasteiger partial charge in [-0.2, -0.15) is 0 Å². The van der Waals surface area contributed by atoms with Gasteiger partial charge in [-0.3, -0.25) is 0 Å². The Morgan fingerprint density at radius 3 is 2.71 bits per heavy atom. The average Bonchev–Trinajstić information content (AvgIpc) is 2.35. The van der Waals surface area contributed by atoms with Crippen molar-refractivity contribution in [3.63, 3.8) is 0 Å². The molecule has 0 unspecified atom stereocenters. The van der Waals surface area contributed by atoms with Gasteiger partial charge in [-0.05, 0) is 36.2 Å². The van der Waals surface area contributed by atoms with E-state index in [-0.39, 0.29) is 0 Å². The van der Waals surface area contributed by atoms with Gasteiger partial charge in [-0.1, -0.05) is 22.0 Å². The second kappa shape index (κ2) is 5.52. The van der Waals surface area contributed by atoms with Crippen molar-refractivity contribution in [2.45, 2.75) is 12.8 Å². The van der Waals surface area contributed by atoms with Crippen LogP contribution in [-0.4, -0.2) is 4.98 Å². The van der Waals surface area contributed by atoms with E-state index in [1.807, 2.05) is 37.3 Å². The number of alkyl halides is 1. The van der Waals surface area contributed by atoms with Crippen LogP contribution in [0.1, 0.15) is 11.1 Å². The Kier molecular flexibility index (Phi) is 4.02. The topological polar surface area (TPSA) is 22.1 Å². The average molecular weight is 313 g/mol. The molecule has 0 aliphatic carbocycles. The van der Waals surface area contributed by atoms with E-state index in [1.54, 1.807) is 6.20 Å². The molecule has 1 heterocycles. The summed E-state index contributed by atoms with van der Waals surface area (Å²) in [7, 11) is 0. The third kappa shape index (κ3) is 3.20. The van der Waals surface area contributed by atoms with E-state index in [4.69, 9.17) is 16.3 Å². The molecule has 1 aromatic carbocycles. The van der Waals surface area contributed by atoms with Crippen LogP contribution in [0.2, 0.25) is 0 Å². The van der Waals surface area contributed by atoms with E-state index in [0.29, 0.717) is 11.8 Å². The molecule has 0 saturated heterocycles. The molecule has 2 nitrogen and oxygen atoms in total. The third-order valence-corrected chi connectivity index (χ3v) is 3.50. The number of hydrogen-bond donors (Lipinski definition) is 0. The van der Waals surface area contributed by atoms with Crippen LogP contribution < -0.4 is 4.74 Å². The first-order valence-electron chi connectivity index (χ1n) is 5.14. The Balaban J connectivity index is 2.16. The zero-order valence-corrected chi connectivity index (χ0v) is 11.6. The summed E-state index contributed by atoms with van der Waals surface area (Å²) in [5.41, 5.74) is 2.10. The highest BCUT2D eigenvalue weighted by Gasteiger charge is 2.01. The summed E-state index contributed by atoms with van der Waals surface area (Å²) in [6, 6.07) is 9.53. The highest BCUT2D eigenvalue weighted by Crippen LogP contribution is 2.25. The zero-order chi connectivity index (χ0) is 12.3. The summed E-state index contributed by atoms with van der Waals surface area (Å²) in [5.74, 6) is 1.81. The van der Waals surface area contributed by atoms with Crippen molar-refractivity contribution >= 4 is 27.5 Å². The van der Waals surface area contributed by atoms with Gasteiger partial charge in [0.25, 0.3) is 0 Å². The van der Waals surface area contributed by atoms with Crippen molar-refractivity contribution in [1.82, 2.24) is 4.98 Å². The van der Waals surface area contributed by atoms with Crippen LogP contribution in [0, 0.1) is 6.92 Å². The van der Waals surface area contributed by atoms with Gasteiger partial charge in [0, 0.05) is 22.6 Å². The zero-order valence-electron chi connectivity index (χ0n) is 9.28. The second-order valence-electron chi connectivity index (χ2n) is 3.65. The van der Waals surface area contributed by atoms with Crippen LogP contribution in [0.15, 0.2) is 41.0 Å². The van der Waals surface area contributed by atoms with Crippen LogP contribution in [0.25, 0.3) is 0 Å². The first-order valence-corrected chi connectivity index (χ1v) is 6.46. The van der Waals surface area contributed by atoms with Gasteiger partial charge in [0.15, 0.2) is 0 Å². The molecule has 88 valence electrons. The number of ether oxygens (including phenoxy) is 1. The Bertz CT molecular complexity index is 513. The van der Waals surface area contributed by atoms with Gasteiger partial charge >= 0.3 is 0 Å². The van der Waals surface area contributed by atoms with Gasteiger partial charge in [0.1, 0.15) is 5.75 Å². The molecular weight excluding hydrogens is 302 g/mol. The number of benzene rings is 1. The fraction of sp³-hybridized carbons (Fsp3) is 0.154. The molecule has 1 aromatic heterocycles. The van der Waals surface area contributed by atoms with Crippen molar-refractivity contribution in [3.05, 3.63) is 52.1 Å². The standard InChI is InChI=1S/C13H11BrClNO/c1-9-6-11(3-4-12(9)14)17-13-5-2-10(7-15)8-16-13/h2-6,8H,7H2,1H3. The SMILES string of the molecule is Cc1cc(Oc2ccc(CCl)cn2)ccc1Br. The predicted octanol–water partition coefficient (Wildman–Crippen LogP) is 4.68. The second-order valence-corrected chi connectivity index (χ2v) is 4.77. The minimum absolute atomic E-state index is 0.463. The molecule has 0 bridgehead atoms. The van der Waals surface area contributed by atoms with Crippen molar-refractivity contribution in [2.24, 2.45) is 0 Å². The van der Waals surface area contributed by atoms with Gasteiger partial charge in [0.2, 0.25) is 5.88 Å². The van der Waals surface area contributed by atoms with Gasteiger partial charge in [0.05, 0.1) is 0 Å². The first kappa shape index (κ1) is 12.4. The normalized spacial score (nSPS) is 10.3. The molecule has 0 radical (unpaired) electrons. The molecular formula is C13H11BrClNO. The van der Waals surface area contributed by atoms with Gasteiger partial charge in [-0.25, -0.2) is 4.98 Å². The Labute approximate surface area is 114 Å². The minimum Gasteiger partial charge on any atom is -0.439 e. The van der Waals surface area contributed by atoms with Crippen molar-refractivity contribution in [2.75, 3.05) is 0 Å². The van der Waals surface area contributed by atoms with Crippen LogP contribution in [0.3, 0.4) is 0 Å². The first-order chi connectivity index (χ1) is 8.19. The molecule has 0 fully saturated rings. The Hall–Kier alpha value is -1.06. The molecule has 4 heteroatoms. The van der Waals surface area contributed by atoms with Crippen LogP contribution in [0.5, 0.6) is 11.6 Å². The molecule has 0 atom stereocenters.